The highest BCUT2D eigenvalue weighted by Gasteiger charge is 2.36. The minimum Gasteiger partial charge on any atom is -0.462 e. The first kappa shape index (κ1) is 20.5. The van der Waals surface area contributed by atoms with Crippen molar-refractivity contribution >= 4 is 46.9 Å². The van der Waals surface area contributed by atoms with Crippen LogP contribution in [-0.2, 0) is 9.53 Å². The minimum absolute atomic E-state index is 0.0403. The Hall–Kier alpha value is -2.78. The number of anilines is 2. The molecule has 0 radical (unpaired) electrons. The summed E-state index contributed by atoms with van der Waals surface area (Å²) in [5, 5.41) is 0.513. The SMILES string of the molecule is CCOC(=O)c1cnc(SCC(=O)N2c3ccccc3S[C@@H]3C=CC=C[C@H]32)nc1N. The number of carbonyl (C=O) groups excluding carboxylic acids is 2. The van der Waals surface area contributed by atoms with E-state index in [1.807, 2.05) is 41.3 Å². The molecule has 1 aliphatic heterocycles. The monoisotopic (exact) mass is 440 g/mol. The first-order valence-corrected chi connectivity index (χ1v) is 11.3. The Morgan fingerprint density at radius 3 is 2.87 bits per heavy atom. The third-order valence-electron chi connectivity index (χ3n) is 4.63. The molecule has 0 saturated heterocycles. The lowest BCUT2D eigenvalue weighted by Crippen LogP contribution is -2.48. The molecular formula is C21H20N4O3S2. The number of esters is 1. The summed E-state index contributed by atoms with van der Waals surface area (Å²) < 4.78 is 4.93. The number of thioether (sulfide) groups is 2. The summed E-state index contributed by atoms with van der Waals surface area (Å²) >= 11 is 2.95. The van der Waals surface area contributed by atoms with Gasteiger partial charge >= 0.3 is 5.97 Å². The van der Waals surface area contributed by atoms with E-state index in [9.17, 15) is 9.59 Å². The molecule has 0 bridgehead atoms. The van der Waals surface area contributed by atoms with E-state index < -0.39 is 5.97 Å². The van der Waals surface area contributed by atoms with Crippen LogP contribution in [0.1, 0.15) is 17.3 Å². The summed E-state index contributed by atoms with van der Waals surface area (Å²) in [6.07, 6.45) is 9.50. The largest absolute Gasteiger partial charge is 0.462 e. The first-order chi connectivity index (χ1) is 14.6. The molecule has 0 saturated carbocycles. The molecule has 0 unspecified atom stereocenters. The highest BCUT2D eigenvalue weighted by atomic mass is 32.2. The molecule has 7 nitrogen and oxygen atoms in total. The number of nitrogens with two attached hydrogens (primary N) is 1. The van der Waals surface area contributed by atoms with Crippen LogP contribution in [-0.4, -0.2) is 45.5 Å². The van der Waals surface area contributed by atoms with Crippen molar-refractivity contribution in [3.63, 3.8) is 0 Å². The normalized spacial score (nSPS) is 19.2. The Balaban J connectivity index is 1.51. The van der Waals surface area contributed by atoms with Gasteiger partial charge in [0.2, 0.25) is 5.91 Å². The van der Waals surface area contributed by atoms with Gasteiger partial charge in [-0.25, -0.2) is 14.8 Å². The Morgan fingerprint density at radius 1 is 1.27 bits per heavy atom. The summed E-state index contributed by atoms with van der Waals surface area (Å²) in [7, 11) is 0. The second-order valence-corrected chi connectivity index (χ2v) is 8.70. The van der Waals surface area contributed by atoms with Crippen LogP contribution in [0.3, 0.4) is 0 Å². The Bertz CT molecular complexity index is 1040. The number of nitrogens with zero attached hydrogens (tertiary/aromatic N) is 3. The maximum atomic E-state index is 13.2. The molecule has 0 spiro atoms. The van der Waals surface area contributed by atoms with Crippen molar-refractivity contribution in [1.82, 2.24) is 9.97 Å². The van der Waals surface area contributed by atoms with Crippen molar-refractivity contribution in [2.24, 2.45) is 0 Å². The van der Waals surface area contributed by atoms with Gasteiger partial charge in [0.05, 0.1) is 29.3 Å². The van der Waals surface area contributed by atoms with Crippen LogP contribution in [0.4, 0.5) is 11.5 Å². The number of benzene rings is 1. The fraction of sp³-hybridized carbons (Fsp3) is 0.238. The fourth-order valence-corrected chi connectivity index (χ4v) is 5.23. The zero-order valence-corrected chi connectivity index (χ0v) is 17.9. The molecule has 4 rings (SSSR count). The van der Waals surface area contributed by atoms with Crippen LogP contribution in [0.15, 0.2) is 64.8 Å². The summed E-state index contributed by atoms with van der Waals surface area (Å²) in [5.41, 5.74) is 6.90. The number of ether oxygens (including phenoxy) is 1. The molecule has 1 aromatic heterocycles. The van der Waals surface area contributed by atoms with Crippen molar-refractivity contribution in [1.29, 1.82) is 0 Å². The van der Waals surface area contributed by atoms with Crippen molar-refractivity contribution in [2.45, 2.75) is 28.3 Å². The predicted molar refractivity (Wildman–Crippen MR) is 119 cm³/mol. The number of carbonyl (C=O) groups is 2. The summed E-state index contributed by atoms with van der Waals surface area (Å²) in [4.78, 5) is 36.3. The number of hydrogen-bond acceptors (Lipinski definition) is 8. The van der Waals surface area contributed by atoms with Gasteiger partial charge in [0, 0.05) is 11.1 Å². The molecule has 154 valence electrons. The van der Waals surface area contributed by atoms with Crippen molar-refractivity contribution in [2.75, 3.05) is 23.0 Å². The van der Waals surface area contributed by atoms with Gasteiger partial charge in [-0.1, -0.05) is 48.2 Å². The van der Waals surface area contributed by atoms with E-state index in [4.69, 9.17) is 10.5 Å². The van der Waals surface area contributed by atoms with E-state index in [0.717, 1.165) is 10.6 Å². The molecule has 1 amide bonds. The zero-order chi connectivity index (χ0) is 21.1. The predicted octanol–water partition coefficient (Wildman–Crippen LogP) is 3.33. The molecular weight excluding hydrogens is 420 g/mol. The van der Waals surface area contributed by atoms with Gasteiger partial charge in [0.25, 0.3) is 0 Å². The number of fused-ring (bicyclic) bond motifs is 2. The van der Waals surface area contributed by atoms with Gasteiger partial charge in [0.15, 0.2) is 5.16 Å². The summed E-state index contributed by atoms with van der Waals surface area (Å²) in [6.45, 7) is 1.95. The molecule has 1 aliphatic carbocycles. The van der Waals surface area contributed by atoms with E-state index >= 15 is 0 Å². The van der Waals surface area contributed by atoms with Gasteiger partial charge in [-0.2, -0.15) is 0 Å². The van der Waals surface area contributed by atoms with Gasteiger partial charge in [-0.05, 0) is 19.1 Å². The average molecular weight is 441 g/mol. The molecule has 2 aliphatic rings. The maximum Gasteiger partial charge on any atom is 0.343 e. The number of para-hydroxylation sites is 1. The molecule has 2 aromatic rings. The fourth-order valence-electron chi connectivity index (χ4n) is 3.29. The Labute approximate surface area is 182 Å². The van der Waals surface area contributed by atoms with Crippen LogP contribution in [0.5, 0.6) is 0 Å². The number of nitrogen functional groups attached to an aromatic ring is 1. The van der Waals surface area contributed by atoms with Crippen LogP contribution >= 0.6 is 23.5 Å². The van der Waals surface area contributed by atoms with Gasteiger partial charge in [-0.15, -0.1) is 11.8 Å². The Morgan fingerprint density at radius 2 is 2.07 bits per heavy atom. The second kappa shape index (κ2) is 8.93. The van der Waals surface area contributed by atoms with Crippen LogP contribution in [0.2, 0.25) is 0 Å². The lowest BCUT2D eigenvalue weighted by molar-refractivity contribution is -0.116. The third kappa shape index (κ3) is 4.08. The van der Waals surface area contributed by atoms with Crippen LogP contribution in [0.25, 0.3) is 0 Å². The average Bonchev–Trinajstić information content (AvgIpc) is 2.76. The van der Waals surface area contributed by atoms with E-state index in [1.54, 1.807) is 18.7 Å². The molecule has 2 heterocycles. The van der Waals surface area contributed by atoms with Gasteiger partial charge in [-0.3, -0.25) is 4.79 Å². The third-order valence-corrected chi connectivity index (χ3v) is 6.78. The lowest BCUT2D eigenvalue weighted by atomic mass is 10.0. The van der Waals surface area contributed by atoms with E-state index in [0.29, 0.717) is 5.16 Å². The molecule has 0 fully saturated rings. The first-order valence-electron chi connectivity index (χ1n) is 9.43. The minimum atomic E-state index is -0.562. The number of rotatable bonds is 5. The quantitative estimate of drug-likeness (QED) is 0.429. The van der Waals surface area contributed by atoms with Crippen LogP contribution < -0.4 is 10.6 Å². The summed E-state index contributed by atoms with van der Waals surface area (Å²) in [6, 6.07) is 7.88. The number of aromatic nitrogens is 2. The Kier molecular flexibility index (Phi) is 6.10. The maximum absolute atomic E-state index is 13.2. The summed E-state index contributed by atoms with van der Waals surface area (Å²) in [5.74, 6) is -0.413. The zero-order valence-electron chi connectivity index (χ0n) is 16.2. The molecule has 9 heteroatoms. The topological polar surface area (TPSA) is 98.4 Å². The standard InChI is InChI=1S/C21H20N4O3S2/c1-2-28-20(27)13-11-23-21(24-19(13)22)29-12-18(26)25-14-7-3-5-9-16(14)30-17-10-6-4-8-15(17)25/h3-11,14,16H,2,12H2,1H3,(H2,22,23,24)/t14-,16-/m1/s1. The van der Waals surface area contributed by atoms with Gasteiger partial charge in [0.1, 0.15) is 11.4 Å². The van der Waals surface area contributed by atoms with Gasteiger partial charge < -0.3 is 15.4 Å². The molecule has 30 heavy (non-hydrogen) atoms. The van der Waals surface area contributed by atoms with E-state index in [-0.39, 0.29) is 40.9 Å². The second-order valence-electron chi connectivity index (χ2n) is 6.53. The smallest absolute Gasteiger partial charge is 0.343 e. The molecule has 2 atom stereocenters. The highest BCUT2D eigenvalue weighted by molar-refractivity contribution is 8.00. The van der Waals surface area contributed by atoms with Crippen molar-refractivity contribution in [3.8, 4) is 0 Å². The number of allylic oxidation sites excluding steroid dienone is 2. The van der Waals surface area contributed by atoms with E-state index in [2.05, 4.69) is 22.1 Å². The van der Waals surface area contributed by atoms with E-state index in [1.165, 1.54) is 18.0 Å². The van der Waals surface area contributed by atoms with Crippen molar-refractivity contribution < 1.29 is 14.3 Å². The number of amides is 1. The molecule has 2 N–H and O–H groups in total. The van der Waals surface area contributed by atoms with Crippen LogP contribution in [0, 0.1) is 0 Å². The highest BCUT2D eigenvalue weighted by Crippen LogP contribution is 2.43. The van der Waals surface area contributed by atoms with Crippen molar-refractivity contribution in [3.05, 3.63) is 60.3 Å². The lowest BCUT2D eigenvalue weighted by Gasteiger charge is -2.40. The number of hydrogen-bond donors (Lipinski definition) is 1. The molecule has 1 aromatic carbocycles.